The summed E-state index contributed by atoms with van der Waals surface area (Å²) in [5.74, 6) is 0.0140. The lowest BCUT2D eigenvalue weighted by molar-refractivity contribution is -0.256. The first-order valence-electron chi connectivity index (χ1n) is 26.0. The van der Waals surface area contributed by atoms with Crippen LogP contribution in [0.25, 0.3) is 0 Å². The molecule has 0 saturated heterocycles. The molecular weight excluding hydrogens is 861 g/mol. The number of benzene rings is 2. The van der Waals surface area contributed by atoms with Crippen molar-refractivity contribution in [1.82, 2.24) is 4.90 Å². The summed E-state index contributed by atoms with van der Waals surface area (Å²) in [5, 5.41) is 34.6. The van der Waals surface area contributed by atoms with E-state index in [9.17, 15) is 20.1 Å². The molecule has 0 radical (unpaired) electrons. The third-order valence-electron chi connectivity index (χ3n) is 13.8. The van der Waals surface area contributed by atoms with Gasteiger partial charge in [0.15, 0.2) is 0 Å². The molecule has 380 valence electrons. The number of amides is 1. The predicted molar refractivity (Wildman–Crippen MR) is 270 cm³/mol. The molecular formula is C56H86N2O10. The van der Waals surface area contributed by atoms with Crippen LogP contribution in [0.5, 0.6) is 17.2 Å². The van der Waals surface area contributed by atoms with Gasteiger partial charge in [0.25, 0.3) is 0 Å². The topological polar surface area (TPSA) is 149 Å². The number of ether oxygens (including phenoxy) is 5. The minimum atomic E-state index is -1.45. The zero-order valence-electron chi connectivity index (χ0n) is 42.5. The van der Waals surface area contributed by atoms with Gasteiger partial charge in [-0.05, 0) is 126 Å². The van der Waals surface area contributed by atoms with Crippen LogP contribution in [0.15, 0.2) is 65.9 Å². The van der Waals surface area contributed by atoms with Gasteiger partial charge in [-0.2, -0.15) is 0 Å². The largest absolute Gasteiger partial charge is 0.459 e. The molecule has 0 spiro atoms. The number of nitrogens with zero attached hydrogens (tertiary/aromatic N) is 2. The first-order chi connectivity index (χ1) is 32.9. The molecule has 1 aliphatic heterocycles. The molecule has 6 atom stereocenters. The molecule has 2 aliphatic carbocycles. The number of fused-ring (bicyclic) bond motifs is 2. The van der Waals surface area contributed by atoms with Crippen LogP contribution in [-0.2, 0) is 19.0 Å². The van der Waals surface area contributed by atoms with Crippen molar-refractivity contribution in [1.29, 1.82) is 0 Å². The number of rotatable bonds is 31. The Bertz CT molecular complexity index is 1910. The van der Waals surface area contributed by atoms with Crippen molar-refractivity contribution in [2.45, 2.75) is 174 Å². The van der Waals surface area contributed by atoms with Crippen LogP contribution in [0.4, 0.5) is 4.79 Å². The van der Waals surface area contributed by atoms with Gasteiger partial charge < -0.3 is 43.8 Å². The number of unbranched alkanes of at least 4 members (excludes halogenated alkanes) is 11. The highest BCUT2D eigenvalue weighted by molar-refractivity contribution is 6.03. The molecule has 3 aliphatic rings. The number of aliphatic hydroxyl groups is 3. The van der Waals surface area contributed by atoms with E-state index in [0.29, 0.717) is 30.1 Å². The summed E-state index contributed by atoms with van der Waals surface area (Å²) in [5.41, 5.74) is 4.34. The summed E-state index contributed by atoms with van der Waals surface area (Å²) < 4.78 is 33.2. The SMILES string of the molecule is C=CCO[C@@]12Oc3ccc(Oc4ccc(C)c(C)c4)cc3[C@H]3[C@H](CCCCO)[C@@H](CCCCO)C=C(C(=NOC(C)(C)C)C[C@@H]1N(CCOCCO)C(=O)OCCCCCCCCCCCC)[C@H]32. The fourth-order valence-corrected chi connectivity index (χ4v) is 10.4. The highest BCUT2D eigenvalue weighted by atomic mass is 16.7. The molecule has 0 unspecified atom stereocenters. The second-order valence-corrected chi connectivity index (χ2v) is 20.2. The summed E-state index contributed by atoms with van der Waals surface area (Å²) in [4.78, 5) is 22.8. The molecule has 5 rings (SSSR count). The number of aliphatic hydroxyl groups excluding tert-OH is 3. The standard InChI is InChI=1S/C56H86N2O10/c1-8-10-11-12-13-14-15-16-17-22-34-64-54(62)58(29-35-63-36-32-61)51-40-49(57-68-55(5,6)7)47-38-43(23-18-20-30-59)46(24-19-21-31-60)52-48-39-45(66-44-26-25-41(3)42(4)37-44)27-28-50(48)67-56(51,53(47)52)65-33-9-2/h9,25-28,37-39,43,46,51-53,59-61H,2,8,10-24,29-36,40H2,1,3-7H3/t43-,46+,51-,52+,53+,56+/m0/s1. The second-order valence-electron chi connectivity index (χ2n) is 20.2. The van der Waals surface area contributed by atoms with Gasteiger partial charge in [0.2, 0.25) is 5.79 Å². The molecule has 1 saturated carbocycles. The minimum Gasteiger partial charge on any atom is -0.459 e. The van der Waals surface area contributed by atoms with E-state index in [2.05, 4.69) is 45.6 Å². The van der Waals surface area contributed by atoms with Gasteiger partial charge >= 0.3 is 6.09 Å². The number of allylic oxidation sites excluding steroid dienone is 1. The third kappa shape index (κ3) is 15.3. The molecule has 68 heavy (non-hydrogen) atoms. The Labute approximate surface area is 408 Å². The normalized spacial score (nSPS) is 22.5. The van der Waals surface area contributed by atoms with Gasteiger partial charge in [-0.25, -0.2) is 4.79 Å². The molecule has 1 amide bonds. The van der Waals surface area contributed by atoms with Gasteiger partial charge in [0, 0.05) is 37.7 Å². The van der Waals surface area contributed by atoms with Gasteiger partial charge in [-0.3, -0.25) is 4.90 Å². The summed E-state index contributed by atoms with van der Waals surface area (Å²) in [6.45, 7) is 17.3. The fourth-order valence-electron chi connectivity index (χ4n) is 10.4. The maximum Gasteiger partial charge on any atom is 0.410 e. The number of hydrogen-bond acceptors (Lipinski definition) is 11. The Balaban J connectivity index is 1.63. The monoisotopic (exact) mass is 947 g/mol. The van der Waals surface area contributed by atoms with E-state index in [1.54, 1.807) is 11.0 Å². The van der Waals surface area contributed by atoms with Crippen LogP contribution in [0, 0.1) is 31.6 Å². The first-order valence-corrected chi connectivity index (χ1v) is 26.0. The van der Waals surface area contributed by atoms with Crippen molar-refractivity contribution < 1.29 is 48.6 Å². The molecule has 0 aromatic heterocycles. The highest BCUT2D eigenvalue weighted by Gasteiger charge is 2.65. The number of carbonyl (C=O) groups is 1. The van der Waals surface area contributed by atoms with E-state index >= 15 is 0 Å². The Kier molecular flexibility index (Phi) is 22.7. The second kappa shape index (κ2) is 28.0. The van der Waals surface area contributed by atoms with E-state index in [0.717, 1.165) is 67.4 Å². The lowest BCUT2D eigenvalue weighted by Crippen LogP contribution is -2.70. The maximum absolute atomic E-state index is 14.8. The van der Waals surface area contributed by atoms with Crippen LogP contribution >= 0.6 is 0 Å². The summed E-state index contributed by atoms with van der Waals surface area (Å²) >= 11 is 0. The van der Waals surface area contributed by atoms with Crippen molar-refractivity contribution in [3.63, 3.8) is 0 Å². The van der Waals surface area contributed by atoms with Gasteiger partial charge in [-0.1, -0.05) is 101 Å². The fraction of sp³-hybridized carbons (Fsp3) is 0.679. The molecule has 2 aromatic rings. The van der Waals surface area contributed by atoms with Crippen molar-refractivity contribution in [2.24, 2.45) is 22.9 Å². The average molecular weight is 947 g/mol. The third-order valence-corrected chi connectivity index (χ3v) is 13.8. The van der Waals surface area contributed by atoms with E-state index in [4.69, 9.17) is 33.7 Å². The smallest absolute Gasteiger partial charge is 0.410 e. The van der Waals surface area contributed by atoms with Crippen molar-refractivity contribution in [3.8, 4) is 17.2 Å². The van der Waals surface area contributed by atoms with Gasteiger partial charge in [0.1, 0.15) is 28.9 Å². The molecule has 12 nitrogen and oxygen atoms in total. The Morgan fingerprint density at radius 1 is 0.838 bits per heavy atom. The Hall–Kier alpha value is -3.94. The molecule has 1 heterocycles. The van der Waals surface area contributed by atoms with Crippen molar-refractivity contribution >= 4 is 11.8 Å². The van der Waals surface area contributed by atoms with Crippen LogP contribution in [0.1, 0.15) is 159 Å². The zero-order valence-corrected chi connectivity index (χ0v) is 42.5. The Morgan fingerprint density at radius 2 is 1.51 bits per heavy atom. The lowest BCUT2D eigenvalue weighted by atomic mass is 9.55. The van der Waals surface area contributed by atoms with Crippen LogP contribution in [0.3, 0.4) is 0 Å². The van der Waals surface area contributed by atoms with Crippen molar-refractivity contribution in [3.05, 3.63) is 77.4 Å². The van der Waals surface area contributed by atoms with E-state index in [1.165, 1.54) is 50.5 Å². The van der Waals surface area contributed by atoms with Crippen LogP contribution in [-0.4, -0.2) is 102 Å². The lowest BCUT2D eigenvalue weighted by Gasteiger charge is -2.60. The number of aryl methyl sites for hydroxylation is 2. The molecule has 3 N–H and O–H groups in total. The van der Waals surface area contributed by atoms with Gasteiger partial charge in [-0.15, -0.1) is 6.58 Å². The minimum absolute atomic E-state index is 0.0494. The van der Waals surface area contributed by atoms with E-state index in [1.807, 2.05) is 45.0 Å². The van der Waals surface area contributed by atoms with E-state index in [-0.39, 0.29) is 77.0 Å². The summed E-state index contributed by atoms with van der Waals surface area (Å²) in [7, 11) is 0. The first kappa shape index (κ1) is 55.0. The number of oxime groups is 1. The maximum atomic E-state index is 14.8. The molecule has 0 bridgehead atoms. The highest BCUT2D eigenvalue weighted by Crippen LogP contribution is 2.62. The average Bonchev–Trinajstić information content (AvgIpc) is 3.31. The summed E-state index contributed by atoms with van der Waals surface area (Å²) in [6.07, 6.45) is 20.1. The predicted octanol–water partition coefficient (Wildman–Crippen LogP) is 11.9. The Morgan fingerprint density at radius 3 is 2.18 bits per heavy atom. The number of carbonyl (C=O) groups excluding carboxylic acids is 1. The zero-order chi connectivity index (χ0) is 48.9. The van der Waals surface area contributed by atoms with E-state index < -0.39 is 29.4 Å². The quantitative estimate of drug-likeness (QED) is 0.0379. The molecule has 1 fully saturated rings. The van der Waals surface area contributed by atoms with Crippen LogP contribution < -0.4 is 9.47 Å². The van der Waals surface area contributed by atoms with Gasteiger partial charge in [0.05, 0.1) is 44.7 Å². The summed E-state index contributed by atoms with van der Waals surface area (Å²) in [6, 6.07) is 11.3. The van der Waals surface area contributed by atoms with Crippen molar-refractivity contribution in [2.75, 3.05) is 52.8 Å². The molecule has 12 heteroatoms. The number of hydrogen-bond donors (Lipinski definition) is 3. The van der Waals surface area contributed by atoms with Crippen LogP contribution in [0.2, 0.25) is 0 Å². The molecule has 2 aromatic carbocycles.